The van der Waals surface area contributed by atoms with E-state index in [1.54, 1.807) is 12.4 Å². The Labute approximate surface area is 80.6 Å². The molecule has 0 saturated carbocycles. The predicted molar refractivity (Wildman–Crippen MR) is 51.7 cm³/mol. The number of rotatable bonds is 1. The molecule has 2 aromatic heterocycles. The van der Waals surface area contributed by atoms with Gasteiger partial charge in [-0.3, -0.25) is 15.1 Å². The summed E-state index contributed by atoms with van der Waals surface area (Å²) in [5.74, 6) is 0. The quantitative estimate of drug-likeness (QED) is 0.553. The molecule has 0 aromatic carbocycles. The Morgan fingerprint density at radius 2 is 2.00 bits per heavy atom. The lowest BCUT2D eigenvalue weighted by atomic mass is 10.5. The maximum absolute atomic E-state index is 9.85. The van der Waals surface area contributed by atoms with Crippen LogP contribution in [-0.4, -0.2) is 14.9 Å². The van der Waals surface area contributed by atoms with Gasteiger partial charge in [-0.05, 0) is 12.1 Å². The average Bonchev–Trinajstić information content (AvgIpc) is 2.74. The van der Waals surface area contributed by atoms with Crippen molar-refractivity contribution in [3.63, 3.8) is 0 Å². The second-order valence-electron chi connectivity index (χ2n) is 2.35. The zero-order valence-corrected chi connectivity index (χ0v) is 7.33. The van der Waals surface area contributed by atoms with Crippen molar-refractivity contribution in [3.05, 3.63) is 59.2 Å². The van der Waals surface area contributed by atoms with Crippen molar-refractivity contribution in [3.8, 4) is 0 Å². The highest BCUT2D eigenvalue weighted by molar-refractivity contribution is 5.23. The molecule has 5 heteroatoms. The zero-order valence-electron chi connectivity index (χ0n) is 7.33. The molecule has 72 valence electrons. The third kappa shape index (κ3) is 3.48. The highest BCUT2D eigenvalue weighted by Gasteiger charge is 2.00. The molecule has 0 amide bonds. The summed E-state index contributed by atoms with van der Waals surface area (Å²) in [6, 6.07) is 7.12. The highest BCUT2D eigenvalue weighted by Crippen LogP contribution is 2.05. The summed E-state index contributed by atoms with van der Waals surface area (Å²) in [6.45, 7) is 0. The van der Waals surface area contributed by atoms with E-state index in [4.69, 9.17) is 0 Å². The van der Waals surface area contributed by atoms with Gasteiger partial charge in [-0.2, -0.15) is 0 Å². The Balaban J connectivity index is 0.000000146. The van der Waals surface area contributed by atoms with Crippen molar-refractivity contribution < 1.29 is 4.92 Å². The first-order chi connectivity index (χ1) is 6.80. The lowest BCUT2D eigenvalue weighted by molar-refractivity contribution is -0.384. The van der Waals surface area contributed by atoms with Crippen LogP contribution in [0.3, 0.4) is 0 Å². The number of pyridine rings is 1. The summed E-state index contributed by atoms with van der Waals surface area (Å²) in [7, 11) is 0. The van der Waals surface area contributed by atoms with E-state index in [1.807, 2.05) is 18.2 Å². The van der Waals surface area contributed by atoms with Gasteiger partial charge in [-0.15, -0.1) is 0 Å². The first-order valence-corrected chi connectivity index (χ1v) is 3.93. The molecule has 0 spiro atoms. The van der Waals surface area contributed by atoms with Gasteiger partial charge in [0.1, 0.15) is 0 Å². The fraction of sp³-hybridized carbons (Fsp3) is 0. The van der Waals surface area contributed by atoms with E-state index in [0.29, 0.717) is 0 Å². The molecule has 2 aromatic rings. The minimum absolute atomic E-state index is 0.102. The number of nitrogens with zero attached hydrogens (tertiary/aromatic N) is 2. The van der Waals surface area contributed by atoms with Crippen LogP contribution in [0.25, 0.3) is 0 Å². The van der Waals surface area contributed by atoms with E-state index < -0.39 is 4.92 Å². The topological polar surface area (TPSA) is 71.8 Å². The van der Waals surface area contributed by atoms with Gasteiger partial charge in [0.05, 0.1) is 11.1 Å². The Morgan fingerprint density at radius 3 is 2.21 bits per heavy atom. The molecule has 0 aliphatic heterocycles. The molecular weight excluding hydrogens is 182 g/mol. The Kier molecular flexibility index (Phi) is 3.87. The van der Waals surface area contributed by atoms with Crippen molar-refractivity contribution in [1.82, 2.24) is 9.97 Å². The lowest BCUT2D eigenvalue weighted by Gasteiger charge is -1.77. The molecule has 0 atom stereocenters. The molecule has 0 unspecified atom stereocenters. The number of aromatic nitrogens is 2. The first-order valence-electron chi connectivity index (χ1n) is 3.93. The third-order valence-corrected chi connectivity index (χ3v) is 1.36. The molecule has 0 aliphatic carbocycles. The monoisotopic (exact) mass is 191 g/mol. The van der Waals surface area contributed by atoms with Crippen molar-refractivity contribution in [1.29, 1.82) is 0 Å². The predicted octanol–water partition coefficient (Wildman–Crippen LogP) is 2.00. The van der Waals surface area contributed by atoms with Gasteiger partial charge in [0, 0.05) is 24.7 Å². The molecule has 0 saturated heterocycles. The van der Waals surface area contributed by atoms with E-state index in [9.17, 15) is 10.1 Å². The fourth-order valence-electron chi connectivity index (χ4n) is 0.741. The van der Waals surface area contributed by atoms with Crippen LogP contribution in [0.2, 0.25) is 0 Å². The summed E-state index contributed by atoms with van der Waals surface area (Å²) < 4.78 is 0. The van der Waals surface area contributed by atoms with Gasteiger partial charge >= 0.3 is 0 Å². The molecule has 14 heavy (non-hydrogen) atoms. The van der Waals surface area contributed by atoms with Crippen LogP contribution in [0.5, 0.6) is 0 Å². The van der Waals surface area contributed by atoms with E-state index >= 15 is 0 Å². The number of nitro groups is 1. The minimum atomic E-state index is -0.448. The number of nitrogens with one attached hydrogen (secondary N) is 1. The van der Waals surface area contributed by atoms with Crippen LogP contribution in [0, 0.1) is 10.1 Å². The fourth-order valence-corrected chi connectivity index (χ4v) is 0.741. The van der Waals surface area contributed by atoms with Crippen molar-refractivity contribution in [2.24, 2.45) is 0 Å². The maximum Gasteiger partial charge on any atom is 0.286 e. The lowest BCUT2D eigenvalue weighted by Crippen LogP contribution is -1.82. The van der Waals surface area contributed by atoms with E-state index in [-0.39, 0.29) is 5.69 Å². The molecule has 0 fully saturated rings. The van der Waals surface area contributed by atoms with Gasteiger partial charge in [-0.25, -0.2) is 0 Å². The number of aromatic amines is 1. The maximum atomic E-state index is 9.85. The molecule has 2 rings (SSSR count). The summed E-state index contributed by atoms with van der Waals surface area (Å²) in [5.41, 5.74) is 0.102. The number of hydrogen-bond acceptors (Lipinski definition) is 3. The molecule has 0 aliphatic rings. The summed E-state index contributed by atoms with van der Waals surface area (Å²) >= 11 is 0. The summed E-state index contributed by atoms with van der Waals surface area (Å²) in [6.07, 6.45) is 6.35. The van der Waals surface area contributed by atoms with E-state index in [1.165, 1.54) is 18.5 Å². The average molecular weight is 191 g/mol. The molecule has 0 radical (unpaired) electrons. The normalized spacial score (nSPS) is 8.57. The SMILES string of the molecule is O=[N+]([O-])c1cc[nH]c1.c1ccncc1. The molecule has 5 nitrogen and oxygen atoms in total. The van der Waals surface area contributed by atoms with Gasteiger partial charge in [-0.1, -0.05) is 6.07 Å². The van der Waals surface area contributed by atoms with Gasteiger partial charge < -0.3 is 4.98 Å². The van der Waals surface area contributed by atoms with E-state index in [2.05, 4.69) is 9.97 Å². The second-order valence-corrected chi connectivity index (χ2v) is 2.35. The largest absolute Gasteiger partial charge is 0.362 e. The Bertz CT molecular complexity index is 332. The number of hydrogen-bond donors (Lipinski definition) is 1. The second kappa shape index (κ2) is 5.47. The van der Waals surface area contributed by atoms with Crippen LogP contribution in [0.4, 0.5) is 5.69 Å². The Hall–Kier alpha value is -2.17. The van der Waals surface area contributed by atoms with Crippen molar-refractivity contribution in [2.45, 2.75) is 0 Å². The smallest absolute Gasteiger partial charge is 0.286 e. The summed E-state index contributed by atoms with van der Waals surface area (Å²) in [4.78, 5) is 15.8. The molecular formula is C9H9N3O2. The van der Waals surface area contributed by atoms with Crippen molar-refractivity contribution >= 4 is 5.69 Å². The van der Waals surface area contributed by atoms with Crippen molar-refractivity contribution in [2.75, 3.05) is 0 Å². The first kappa shape index (κ1) is 9.91. The summed E-state index contributed by atoms with van der Waals surface area (Å²) in [5, 5.41) is 9.85. The van der Waals surface area contributed by atoms with E-state index in [0.717, 1.165) is 0 Å². The zero-order chi connectivity index (χ0) is 10.2. The molecule has 2 heterocycles. The van der Waals surface area contributed by atoms with Crippen LogP contribution >= 0.6 is 0 Å². The Morgan fingerprint density at radius 1 is 1.29 bits per heavy atom. The van der Waals surface area contributed by atoms with Crippen LogP contribution in [0.1, 0.15) is 0 Å². The van der Waals surface area contributed by atoms with Gasteiger partial charge in [0.15, 0.2) is 0 Å². The molecule has 0 bridgehead atoms. The van der Waals surface area contributed by atoms with Gasteiger partial charge in [0.25, 0.3) is 5.69 Å². The van der Waals surface area contributed by atoms with Gasteiger partial charge in [0.2, 0.25) is 0 Å². The van der Waals surface area contributed by atoms with Crippen LogP contribution < -0.4 is 0 Å². The standard InChI is InChI=1S/C5H5N.C4H4N2O2/c1-2-4-6-5-3-1;7-6(8)4-1-2-5-3-4/h1-5H;1-3,5H. The minimum Gasteiger partial charge on any atom is -0.362 e. The van der Waals surface area contributed by atoms with Crippen LogP contribution in [0.15, 0.2) is 49.1 Å². The highest BCUT2D eigenvalue weighted by atomic mass is 16.6. The third-order valence-electron chi connectivity index (χ3n) is 1.36. The number of H-pyrrole nitrogens is 1. The molecule has 1 N–H and O–H groups in total. The van der Waals surface area contributed by atoms with Crippen LogP contribution in [-0.2, 0) is 0 Å².